The molecular formula is C21H25FN6O2. The molecule has 4 rings (SSSR count). The summed E-state index contributed by atoms with van der Waals surface area (Å²) < 4.78 is 16.2. The lowest BCUT2D eigenvalue weighted by Gasteiger charge is -2.32. The molecule has 0 aliphatic carbocycles. The third-order valence-electron chi connectivity index (χ3n) is 5.52. The lowest BCUT2D eigenvalue weighted by Crippen LogP contribution is -2.40. The smallest absolute Gasteiger partial charge is 0.337 e. The molecule has 0 bridgehead atoms. The molecule has 1 aliphatic heterocycles. The Hall–Kier alpha value is -3.23. The molecular weight excluding hydrogens is 387 g/mol. The van der Waals surface area contributed by atoms with Gasteiger partial charge in [-0.3, -0.25) is 14.5 Å². The Bertz CT molecular complexity index is 1110. The minimum atomic E-state index is -0.320. The number of rotatable bonds is 4. The molecule has 1 atom stereocenters. The van der Waals surface area contributed by atoms with Crippen LogP contribution in [0.15, 0.2) is 35.1 Å². The van der Waals surface area contributed by atoms with Gasteiger partial charge in [0.2, 0.25) is 0 Å². The number of halogens is 1. The minimum Gasteiger partial charge on any atom is -0.337 e. The second-order valence-corrected chi connectivity index (χ2v) is 7.99. The highest BCUT2D eigenvalue weighted by Crippen LogP contribution is 2.28. The number of nitrogens with zero attached hydrogens (tertiary/aromatic N) is 5. The second kappa shape index (κ2) is 7.89. The summed E-state index contributed by atoms with van der Waals surface area (Å²) in [6.07, 6.45) is 1.70. The van der Waals surface area contributed by atoms with Crippen molar-refractivity contribution in [2.45, 2.75) is 38.6 Å². The molecule has 30 heavy (non-hydrogen) atoms. The molecule has 0 radical (unpaired) electrons. The van der Waals surface area contributed by atoms with Gasteiger partial charge in [-0.05, 0) is 57.0 Å². The predicted octanol–water partition coefficient (Wildman–Crippen LogP) is 2.71. The zero-order chi connectivity index (χ0) is 21.4. The van der Waals surface area contributed by atoms with Crippen LogP contribution in [0.2, 0.25) is 0 Å². The van der Waals surface area contributed by atoms with E-state index in [1.165, 1.54) is 16.8 Å². The summed E-state index contributed by atoms with van der Waals surface area (Å²) in [7, 11) is 1.65. The van der Waals surface area contributed by atoms with Gasteiger partial charge in [0, 0.05) is 37.7 Å². The van der Waals surface area contributed by atoms with E-state index in [1.54, 1.807) is 34.7 Å². The van der Waals surface area contributed by atoms with E-state index >= 15 is 0 Å². The predicted molar refractivity (Wildman–Crippen MR) is 110 cm³/mol. The van der Waals surface area contributed by atoms with Crippen LogP contribution in [0, 0.1) is 5.82 Å². The molecule has 1 N–H and O–H groups in total. The monoisotopic (exact) mass is 412 g/mol. The first kappa shape index (κ1) is 20.1. The van der Waals surface area contributed by atoms with E-state index in [0.29, 0.717) is 24.5 Å². The maximum absolute atomic E-state index is 13.1. The summed E-state index contributed by atoms with van der Waals surface area (Å²) in [6.45, 7) is 5.05. The second-order valence-electron chi connectivity index (χ2n) is 7.99. The molecule has 9 heteroatoms. The van der Waals surface area contributed by atoms with Gasteiger partial charge in [-0.15, -0.1) is 0 Å². The summed E-state index contributed by atoms with van der Waals surface area (Å²) in [5, 5.41) is 11.5. The van der Waals surface area contributed by atoms with E-state index in [2.05, 4.69) is 15.3 Å². The van der Waals surface area contributed by atoms with Gasteiger partial charge in [0.25, 0.3) is 5.91 Å². The average Bonchev–Trinajstić information content (AvgIpc) is 3.33. The highest BCUT2D eigenvalue weighted by molar-refractivity contribution is 5.93. The van der Waals surface area contributed by atoms with Gasteiger partial charge in [0.1, 0.15) is 17.3 Å². The molecule has 3 heterocycles. The van der Waals surface area contributed by atoms with Crippen molar-refractivity contribution < 1.29 is 9.18 Å². The molecule has 2 aromatic heterocycles. The van der Waals surface area contributed by atoms with Crippen LogP contribution in [0.4, 0.5) is 4.39 Å². The first-order chi connectivity index (χ1) is 14.3. The van der Waals surface area contributed by atoms with Crippen LogP contribution in [0.5, 0.6) is 0 Å². The fraction of sp³-hybridized carbons (Fsp3) is 0.429. The van der Waals surface area contributed by atoms with Crippen molar-refractivity contribution >= 4 is 5.91 Å². The molecule has 1 unspecified atom stereocenters. The molecule has 1 fully saturated rings. The van der Waals surface area contributed by atoms with Crippen LogP contribution in [-0.2, 0) is 7.05 Å². The normalized spacial score (nSPS) is 17.0. The van der Waals surface area contributed by atoms with Gasteiger partial charge in [-0.25, -0.2) is 13.9 Å². The van der Waals surface area contributed by atoms with Crippen LogP contribution in [-0.4, -0.2) is 48.4 Å². The van der Waals surface area contributed by atoms with E-state index in [4.69, 9.17) is 0 Å². The van der Waals surface area contributed by atoms with E-state index in [-0.39, 0.29) is 29.4 Å². The van der Waals surface area contributed by atoms with Gasteiger partial charge >= 0.3 is 5.69 Å². The van der Waals surface area contributed by atoms with Crippen molar-refractivity contribution in [1.29, 1.82) is 0 Å². The molecule has 3 aromatic rings. The first-order valence-electron chi connectivity index (χ1n) is 10.1. The Labute approximate surface area is 173 Å². The van der Waals surface area contributed by atoms with Gasteiger partial charge < -0.3 is 4.90 Å². The van der Waals surface area contributed by atoms with Gasteiger partial charge in [-0.1, -0.05) is 0 Å². The van der Waals surface area contributed by atoms with Gasteiger partial charge in [0.15, 0.2) is 0 Å². The first-order valence-corrected chi connectivity index (χ1v) is 10.1. The van der Waals surface area contributed by atoms with E-state index in [9.17, 15) is 14.0 Å². The van der Waals surface area contributed by atoms with Crippen LogP contribution in [0.3, 0.4) is 0 Å². The zero-order valence-electron chi connectivity index (χ0n) is 17.3. The number of aromatic nitrogens is 5. The Balaban J connectivity index is 1.54. The fourth-order valence-corrected chi connectivity index (χ4v) is 4.00. The number of hydrogen-bond donors (Lipinski definition) is 1. The summed E-state index contributed by atoms with van der Waals surface area (Å²) in [5.74, 6) is 0.263. The Morgan fingerprint density at radius 1 is 1.27 bits per heavy atom. The summed E-state index contributed by atoms with van der Waals surface area (Å²) in [5.41, 5.74) is 1.57. The van der Waals surface area contributed by atoms with Crippen molar-refractivity contribution in [1.82, 2.24) is 29.4 Å². The van der Waals surface area contributed by atoms with Gasteiger partial charge in [0.05, 0.1) is 5.69 Å². The number of piperidine rings is 1. The Morgan fingerprint density at radius 2 is 2.00 bits per heavy atom. The number of carbonyl (C=O) groups excluding carboxylic acids is 1. The highest BCUT2D eigenvalue weighted by atomic mass is 19.1. The SMILES string of the molecule is CC(C)n1c(C2CCCN(C(=O)c3cc(-c4ccc(F)cc4)n[nH]3)C2)nn(C)c1=O. The van der Waals surface area contributed by atoms with Crippen LogP contribution in [0.25, 0.3) is 11.3 Å². The molecule has 1 amide bonds. The number of aryl methyl sites for hydroxylation is 1. The maximum atomic E-state index is 13.1. The van der Waals surface area contributed by atoms with E-state index < -0.39 is 0 Å². The molecule has 0 spiro atoms. The molecule has 1 aromatic carbocycles. The molecule has 8 nitrogen and oxygen atoms in total. The van der Waals surface area contributed by atoms with Crippen LogP contribution < -0.4 is 5.69 Å². The third kappa shape index (κ3) is 3.67. The minimum absolute atomic E-state index is 0.00140. The largest absolute Gasteiger partial charge is 0.345 e. The molecule has 158 valence electrons. The summed E-state index contributed by atoms with van der Waals surface area (Å²) in [6, 6.07) is 7.66. The number of H-pyrrole nitrogens is 1. The third-order valence-corrected chi connectivity index (χ3v) is 5.52. The number of benzene rings is 1. The number of likely N-dealkylation sites (tertiary alicyclic amines) is 1. The lowest BCUT2D eigenvalue weighted by atomic mass is 9.96. The highest BCUT2D eigenvalue weighted by Gasteiger charge is 2.31. The van der Waals surface area contributed by atoms with Crippen molar-refractivity contribution in [3.63, 3.8) is 0 Å². The topological polar surface area (TPSA) is 88.8 Å². The van der Waals surface area contributed by atoms with E-state index in [0.717, 1.165) is 24.2 Å². The number of amides is 1. The van der Waals surface area contributed by atoms with E-state index in [1.807, 2.05) is 13.8 Å². The van der Waals surface area contributed by atoms with Crippen molar-refractivity contribution in [3.8, 4) is 11.3 Å². The quantitative estimate of drug-likeness (QED) is 0.714. The maximum Gasteiger partial charge on any atom is 0.345 e. The molecule has 0 saturated carbocycles. The van der Waals surface area contributed by atoms with Crippen molar-refractivity contribution in [3.05, 3.63) is 58.2 Å². The number of carbonyl (C=O) groups is 1. The summed E-state index contributed by atoms with van der Waals surface area (Å²) >= 11 is 0. The fourth-order valence-electron chi connectivity index (χ4n) is 4.00. The average molecular weight is 412 g/mol. The number of nitrogens with one attached hydrogen (secondary N) is 1. The van der Waals surface area contributed by atoms with Crippen LogP contribution in [0.1, 0.15) is 55.0 Å². The number of hydrogen-bond acceptors (Lipinski definition) is 4. The van der Waals surface area contributed by atoms with Crippen molar-refractivity contribution in [2.75, 3.05) is 13.1 Å². The molecule has 1 saturated heterocycles. The van der Waals surface area contributed by atoms with Gasteiger partial charge in [-0.2, -0.15) is 10.2 Å². The Morgan fingerprint density at radius 3 is 2.70 bits per heavy atom. The lowest BCUT2D eigenvalue weighted by molar-refractivity contribution is 0.0696. The number of aromatic amines is 1. The van der Waals surface area contributed by atoms with Crippen LogP contribution >= 0.6 is 0 Å². The summed E-state index contributed by atoms with van der Waals surface area (Å²) in [4.78, 5) is 27.3. The molecule has 1 aliphatic rings. The van der Waals surface area contributed by atoms with Crippen molar-refractivity contribution in [2.24, 2.45) is 7.05 Å². The Kier molecular flexibility index (Phi) is 5.27. The standard InChI is InChI=1S/C21H25FN6O2/c1-13(2)28-19(25-26(3)21(28)30)15-5-4-10-27(12-15)20(29)18-11-17(23-24-18)14-6-8-16(22)9-7-14/h6-9,11,13,15H,4-5,10,12H2,1-3H3,(H,23,24). The zero-order valence-corrected chi connectivity index (χ0v) is 17.3.